The minimum atomic E-state index is -0.876. The number of aromatic nitrogens is 1. The van der Waals surface area contributed by atoms with Crippen molar-refractivity contribution in [2.24, 2.45) is 0 Å². The van der Waals surface area contributed by atoms with E-state index < -0.39 is 5.97 Å². The summed E-state index contributed by atoms with van der Waals surface area (Å²) in [6, 6.07) is 5.74. The van der Waals surface area contributed by atoms with Crippen molar-refractivity contribution in [2.45, 2.75) is 17.9 Å². The molecule has 152 valence electrons. The van der Waals surface area contributed by atoms with Crippen LogP contribution in [0.5, 0.6) is 0 Å². The van der Waals surface area contributed by atoms with Gasteiger partial charge in [-0.2, -0.15) is 0 Å². The molecule has 0 aliphatic heterocycles. The fourth-order valence-electron chi connectivity index (χ4n) is 1.69. The van der Waals surface area contributed by atoms with Gasteiger partial charge in [0.2, 0.25) is 5.91 Å². The predicted octanol–water partition coefficient (Wildman–Crippen LogP) is 1.85. The monoisotopic (exact) mass is 418 g/mol. The maximum Gasteiger partial charge on any atom is 0.305 e. The molecular formula is C17H26N2O6S2. The van der Waals surface area contributed by atoms with E-state index in [0.29, 0.717) is 46.0 Å². The third-order valence-electron chi connectivity index (χ3n) is 2.97. The largest absolute Gasteiger partial charge is 0.481 e. The van der Waals surface area contributed by atoms with E-state index >= 15 is 0 Å². The Balaban J connectivity index is 1.79. The van der Waals surface area contributed by atoms with Gasteiger partial charge in [0, 0.05) is 24.9 Å². The molecule has 0 spiro atoms. The van der Waals surface area contributed by atoms with Gasteiger partial charge in [-0.05, 0) is 22.9 Å². The van der Waals surface area contributed by atoms with Crippen molar-refractivity contribution in [1.29, 1.82) is 0 Å². The fourth-order valence-corrected chi connectivity index (χ4v) is 3.55. The molecule has 27 heavy (non-hydrogen) atoms. The maximum atomic E-state index is 11.7. The van der Waals surface area contributed by atoms with Gasteiger partial charge in [0.25, 0.3) is 0 Å². The van der Waals surface area contributed by atoms with Gasteiger partial charge in [-0.25, -0.2) is 4.98 Å². The molecule has 1 aromatic rings. The van der Waals surface area contributed by atoms with Gasteiger partial charge >= 0.3 is 5.97 Å². The molecule has 1 rings (SSSR count). The van der Waals surface area contributed by atoms with E-state index in [-0.39, 0.29) is 18.9 Å². The molecule has 1 aromatic heterocycles. The normalized spacial score (nSPS) is 10.7. The average Bonchev–Trinajstić information content (AvgIpc) is 2.66. The molecule has 0 unspecified atom stereocenters. The van der Waals surface area contributed by atoms with E-state index in [0.717, 1.165) is 10.8 Å². The molecular weight excluding hydrogens is 392 g/mol. The van der Waals surface area contributed by atoms with E-state index in [1.54, 1.807) is 27.8 Å². The SMILES string of the molecule is O=C(O)CCOCCOCCOCCNC(=O)CCSSc1ccccn1. The Labute approximate surface area is 167 Å². The molecule has 0 aliphatic rings. The second-order valence-electron chi connectivity index (χ2n) is 5.15. The van der Waals surface area contributed by atoms with Crippen molar-refractivity contribution in [1.82, 2.24) is 10.3 Å². The first-order valence-corrected chi connectivity index (χ1v) is 10.9. The van der Waals surface area contributed by atoms with E-state index in [2.05, 4.69) is 10.3 Å². The van der Waals surface area contributed by atoms with Crippen LogP contribution in [0.4, 0.5) is 0 Å². The highest BCUT2D eigenvalue weighted by Crippen LogP contribution is 2.29. The van der Waals surface area contributed by atoms with Crippen LogP contribution in [0.1, 0.15) is 12.8 Å². The molecule has 0 saturated carbocycles. The molecule has 1 amide bonds. The lowest BCUT2D eigenvalue weighted by Gasteiger charge is -2.07. The van der Waals surface area contributed by atoms with Crippen molar-refractivity contribution in [3.05, 3.63) is 24.4 Å². The van der Waals surface area contributed by atoms with Gasteiger partial charge in [-0.1, -0.05) is 16.9 Å². The summed E-state index contributed by atoms with van der Waals surface area (Å²) < 4.78 is 15.7. The van der Waals surface area contributed by atoms with E-state index in [1.807, 2.05) is 18.2 Å². The highest BCUT2D eigenvalue weighted by atomic mass is 33.1. The van der Waals surface area contributed by atoms with Gasteiger partial charge in [0.1, 0.15) is 5.03 Å². The number of carboxylic acids is 1. The summed E-state index contributed by atoms with van der Waals surface area (Å²) in [7, 11) is 3.16. The summed E-state index contributed by atoms with van der Waals surface area (Å²) in [5.74, 6) is -0.155. The van der Waals surface area contributed by atoms with E-state index in [4.69, 9.17) is 19.3 Å². The average molecular weight is 419 g/mol. The van der Waals surface area contributed by atoms with Gasteiger partial charge in [0.05, 0.1) is 46.1 Å². The Morgan fingerprint density at radius 3 is 2.37 bits per heavy atom. The third-order valence-corrected chi connectivity index (χ3v) is 5.23. The van der Waals surface area contributed by atoms with Crippen molar-refractivity contribution in [2.75, 3.05) is 51.9 Å². The molecule has 0 saturated heterocycles. The number of aliphatic carboxylic acids is 1. The minimum Gasteiger partial charge on any atom is -0.481 e. The number of ether oxygens (including phenoxy) is 3. The highest BCUT2D eigenvalue weighted by molar-refractivity contribution is 8.76. The zero-order valence-electron chi connectivity index (χ0n) is 15.1. The Morgan fingerprint density at radius 1 is 1.00 bits per heavy atom. The Kier molecular flexibility index (Phi) is 14.8. The van der Waals surface area contributed by atoms with Crippen LogP contribution in [0.2, 0.25) is 0 Å². The molecule has 0 radical (unpaired) electrons. The van der Waals surface area contributed by atoms with Crippen LogP contribution in [0.3, 0.4) is 0 Å². The fraction of sp³-hybridized carbons (Fsp3) is 0.588. The first-order valence-electron chi connectivity index (χ1n) is 8.60. The van der Waals surface area contributed by atoms with E-state index in [9.17, 15) is 9.59 Å². The lowest BCUT2D eigenvalue weighted by atomic mass is 10.4. The number of carbonyl (C=O) groups is 2. The first kappa shape index (κ1) is 23.7. The van der Waals surface area contributed by atoms with Crippen LogP contribution in [0.15, 0.2) is 29.4 Å². The topological polar surface area (TPSA) is 107 Å². The first-order chi connectivity index (χ1) is 13.2. The van der Waals surface area contributed by atoms with Gasteiger partial charge in [0.15, 0.2) is 0 Å². The van der Waals surface area contributed by atoms with Gasteiger partial charge in [-0.3, -0.25) is 9.59 Å². The van der Waals surface area contributed by atoms with Crippen LogP contribution in [-0.2, 0) is 23.8 Å². The second-order valence-corrected chi connectivity index (χ2v) is 7.59. The molecule has 0 atom stereocenters. The Bertz CT molecular complexity index is 521. The molecule has 0 aliphatic carbocycles. The van der Waals surface area contributed by atoms with Gasteiger partial charge < -0.3 is 24.6 Å². The van der Waals surface area contributed by atoms with Crippen LogP contribution >= 0.6 is 21.6 Å². The van der Waals surface area contributed by atoms with Gasteiger partial charge in [-0.15, -0.1) is 0 Å². The molecule has 0 aromatic carbocycles. The summed E-state index contributed by atoms with van der Waals surface area (Å²) in [5, 5.41) is 12.2. The summed E-state index contributed by atoms with van der Waals surface area (Å²) in [4.78, 5) is 26.1. The van der Waals surface area contributed by atoms with Crippen molar-refractivity contribution >= 4 is 33.5 Å². The number of hydrogen-bond donors (Lipinski definition) is 2. The second kappa shape index (κ2) is 16.8. The van der Waals surface area contributed by atoms with Crippen LogP contribution < -0.4 is 5.32 Å². The third kappa shape index (κ3) is 15.4. The summed E-state index contributed by atoms with van der Waals surface area (Å²) in [6.07, 6.45) is 2.20. The number of amides is 1. The van der Waals surface area contributed by atoms with Crippen LogP contribution in [0, 0.1) is 0 Å². The highest BCUT2D eigenvalue weighted by Gasteiger charge is 2.02. The standard InChI is InChI=1S/C17H26N2O6S2/c20-15(5-14-26-27-16-3-1-2-6-19-16)18-7-9-24-11-13-25-12-10-23-8-4-17(21)22/h1-3,6H,4-5,7-14H2,(H,18,20)(H,21,22). The molecule has 0 fully saturated rings. The zero-order valence-corrected chi connectivity index (χ0v) is 16.8. The van der Waals surface area contributed by atoms with Crippen LogP contribution in [0.25, 0.3) is 0 Å². The molecule has 8 nitrogen and oxygen atoms in total. The molecule has 0 bridgehead atoms. The Hall–Kier alpha value is -1.33. The number of carbonyl (C=O) groups excluding carboxylic acids is 1. The smallest absolute Gasteiger partial charge is 0.305 e. The van der Waals surface area contributed by atoms with Crippen molar-refractivity contribution in [3.63, 3.8) is 0 Å². The number of rotatable bonds is 17. The van der Waals surface area contributed by atoms with Crippen molar-refractivity contribution < 1.29 is 28.9 Å². The number of carboxylic acid groups (broad SMARTS) is 1. The Morgan fingerprint density at radius 2 is 1.70 bits per heavy atom. The quantitative estimate of drug-likeness (QED) is 0.289. The summed E-state index contributed by atoms with van der Waals surface area (Å²) in [6.45, 7) is 2.71. The summed E-state index contributed by atoms with van der Waals surface area (Å²) in [5.41, 5.74) is 0. The zero-order chi connectivity index (χ0) is 19.6. The number of nitrogens with one attached hydrogen (secondary N) is 1. The lowest BCUT2D eigenvalue weighted by molar-refractivity contribution is -0.138. The maximum absolute atomic E-state index is 11.7. The number of nitrogens with zero attached hydrogens (tertiary/aromatic N) is 1. The molecule has 1 heterocycles. The summed E-state index contributed by atoms with van der Waals surface area (Å²) >= 11 is 0. The van der Waals surface area contributed by atoms with Crippen molar-refractivity contribution in [3.8, 4) is 0 Å². The lowest BCUT2D eigenvalue weighted by Crippen LogP contribution is -2.27. The number of hydrogen-bond acceptors (Lipinski definition) is 8. The molecule has 10 heteroatoms. The van der Waals surface area contributed by atoms with Crippen LogP contribution in [-0.4, -0.2) is 73.9 Å². The number of pyridine rings is 1. The van der Waals surface area contributed by atoms with E-state index in [1.165, 1.54) is 0 Å². The molecule has 2 N–H and O–H groups in total. The minimum absolute atomic E-state index is 0.00230. The predicted molar refractivity (Wildman–Crippen MR) is 105 cm³/mol.